The van der Waals surface area contributed by atoms with Crippen LogP contribution in [0, 0.1) is 0 Å². The van der Waals surface area contributed by atoms with E-state index in [2.05, 4.69) is 15.3 Å². The summed E-state index contributed by atoms with van der Waals surface area (Å²) in [6.07, 6.45) is 4.71. The molecule has 0 saturated carbocycles. The summed E-state index contributed by atoms with van der Waals surface area (Å²) in [5.41, 5.74) is 1.54. The van der Waals surface area contributed by atoms with Gasteiger partial charge in [-0.25, -0.2) is 4.98 Å². The normalized spacial score (nSPS) is 12.1. The van der Waals surface area contributed by atoms with E-state index in [0.29, 0.717) is 0 Å². The number of thiazole rings is 1. The van der Waals surface area contributed by atoms with Gasteiger partial charge in [0.15, 0.2) is 0 Å². The number of hydrogen-bond donors (Lipinski definition) is 2. The minimum Gasteiger partial charge on any atom is -0.394 e. The Labute approximate surface area is 138 Å². The first-order valence-electron chi connectivity index (χ1n) is 6.98. The predicted molar refractivity (Wildman–Crippen MR) is 91.1 cm³/mol. The van der Waals surface area contributed by atoms with E-state index in [1.807, 2.05) is 29.8 Å². The Morgan fingerprint density at radius 3 is 3.05 bits per heavy atom. The zero-order valence-electron chi connectivity index (χ0n) is 12.4. The minimum atomic E-state index is -0.186. The average Bonchev–Trinajstić information content (AvgIpc) is 3.00. The van der Waals surface area contributed by atoms with Crippen molar-refractivity contribution >= 4 is 29.0 Å². The zero-order chi connectivity index (χ0) is 15.8. The maximum atomic E-state index is 12.0. The third-order valence-corrected chi connectivity index (χ3v) is 4.59. The molecule has 7 heteroatoms. The summed E-state index contributed by atoms with van der Waals surface area (Å²) in [5.74, 6) is 0.796. The van der Waals surface area contributed by atoms with Crippen LogP contribution in [0.3, 0.4) is 0 Å². The van der Waals surface area contributed by atoms with Crippen LogP contribution in [0.1, 0.15) is 12.1 Å². The van der Waals surface area contributed by atoms with Crippen LogP contribution in [0.25, 0.3) is 10.7 Å². The van der Waals surface area contributed by atoms with E-state index < -0.39 is 0 Å². The summed E-state index contributed by atoms with van der Waals surface area (Å²) in [6, 6.07) is 5.48. The van der Waals surface area contributed by atoms with Gasteiger partial charge in [0.2, 0.25) is 5.91 Å². The van der Waals surface area contributed by atoms with Crippen molar-refractivity contribution < 1.29 is 9.90 Å². The lowest BCUT2D eigenvalue weighted by atomic mass is 10.2. The Hall–Kier alpha value is -1.44. The molecule has 0 fully saturated rings. The highest BCUT2D eigenvalue weighted by Gasteiger charge is 2.13. The topological polar surface area (TPSA) is 75.1 Å². The molecule has 0 aliphatic heterocycles. The summed E-state index contributed by atoms with van der Waals surface area (Å²) < 4.78 is 0. The Morgan fingerprint density at radius 1 is 1.50 bits per heavy atom. The highest BCUT2D eigenvalue weighted by atomic mass is 32.2. The maximum Gasteiger partial charge on any atom is 0.226 e. The van der Waals surface area contributed by atoms with Gasteiger partial charge in [-0.3, -0.25) is 9.78 Å². The fourth-order valence-electron chi connectivity index (χ4n) is 1.91. The second kappa shape index (κ2) is 8.87. The van der Waals surface area contributed by atoms with Gasteiger partial charge < -0.3 is 10.4 Å². The number of aromatic nitrogens is 2. The number of aliphatic hydroxyl groups excluding tert-OH is 1. The number of aliphatic hydroxyl groups is 1. The number of carbonyl (C=O) groups excluding carboxylic acids is 1. The third-order valence-electron chi connectivity index (χ3n) is 3.03. The van der Waals surface area contributed by atoms with Crippen LogP contribution >= 0.6 is 23.1 Å². The van der Waals surface area contributed by atoms with Gasteiger partial charge in [-0.1, -0.05) is 6.07 Å². The smallest absolute Gasteiger partial charge is 0.226 e. The van der Waals surface area contributed by atoms with E-state index in [9.17, 15) is 9.90 Å². The molecule has 1 amide bonds. The van der Waals surface area contributed by atoms with Crippen LogP contribution in [-0.4, -0.2) is 45.6 Å². The second-order valence-electron chi connectivity index (χ2n) is 4.76. The molecule has 0 bridgehead atoms. The number of nitrogens with one attached hydrogen (secondary N) is 1. The van der Waals surface area contributed by atoms with Crippen molar-refractivity contribution in [3.8, 4) is 10.7 Å². The molecule has 2 aromatic heterocycles. The van der Waals surface area contributed by atoms with Gasteiger partial charge in [0.05, 0.1) is 30.5 Å². The largest absolute Gasteiger partial charge is 0.394 e. The van der Waals surface area contributed by atoms with Gasteiger partial charge in [0.25, 0.3) is 0 Å². The predicted octanol–water partition coefficient (Wildman–Crippen LogP) is 1.98. The number of pyridine rings is 1. The van der Waals surface area contributed by atoms with Crippen molar-refractivity contribution in [1.29, 1.82) is 0 Å². The molecule has 0 saturated heterocycles. The zero-order valence-corrected chi connectivity index (χ0v) is 14.0. The molecule has 0 aliphatic carbocycles. The van der Waals surface area contributed by atoms with Crippen LogP contribution in [0.5, 0.6) is 0 Å². The first kappa shape index (κ1) is 16.9. The first-order valence-corrected chi connectivity index (χ1v) is 9.25. The summed E-state index contributed by atoms with van der Waals surface area (Å²) in [4.78, 5) is 20.7. The molecule has 22 heavy (non-hydrogen) atoms. The minimum absolute atomic E-state index is 0.0391. The quantitative estimate of drug-likeness (QED) is 0.770. The average molecular weight is 337 g/mol. The van der Waals surface area contributed by atoms with E-state index in [1.165, 1.54) is 11.3 Å². The monoisotopic (exact) mass is 337 g/mol. The Bertz CT molecular complexity index is 589. The third kappa shape index (κ3) is 5.08. The van der Waals surface area contributed by atoms with Crippen LogP contribution in [0.2, 0.25) is 0 Å². The molecular weight excluding hydrogens is 318 g/mol. The van der Waals surface area contributed by atoms with Gasteiger partial charge in [-0.05, 0) is 30.6 Å². The molecule has 118 valence electrons. The Morgan fingerprint density at radius 2 is 2.36 bits per heavy atom. The standard InChI is InChI=1S/C15H19N3O2S2/c1-21-7-5-11(9-19)17-14(20)8-12-10-22-15(18-12)13-4-2-3-6-16-13/h2-4,6,10-11,19H,5,7-9H2,1H3,(H,17,20)/t11-/m0/s1. The molecule has 0 aliphatic rings. The lowest BCUT2D eigenvalue weighted by Crippen LogP contribution is -2.38. The summed E-state index contributed by atoms with van der Waals surface area (Å²) in [7, 11) is 0. The van der Waals surface area contributed by atoms with Crippen molar-refractivity contribution in [2.45, 2.75) is 18.9 Å². The number of nitrogens with zero attached hydrogens (tertiary/aromatic N) is 2. The van der Waals surface area contributed by atoms with Crippen LogP contribution in [0.4, 0.5) is 0 Å². The summed E-state index contributed by atoms with van der Waals surface area (Å²) in [5, 5.41) is 14.8. The van der Waals surface area contributed by atoms with Crippen molar-refractivity contribution in [2.75, 3.05) is 18.6 Å². The molecule has 0 spiro atoms. The second-order valence-corrected chi connectivity index (χ2v) is 6.61. The van der Waals surface area contributed by atoms with Crippen molar-refractivity contribution in [2.24, 2.45) is 0 Å². The Balaban J connectivity index is 1.91. The first-order chi connectivity index (χ1) is 10.7. The molecule has 2 N–H and O–H groups in total. The highest BCUT2D eigenvalue weighted by molar-refractivity contribution is 7.98. The SMILES string of the molecule is CSCC[C@@H](CO)NC(=O)Cc1csc(-c2ccccn2)n1. The van der Waals surface area contributed by atoms with E-state index in [-0.39, 0.29) is 25.0 Å². The van der Waals surface area contributed by atoms with Crippen LogP contribution in [-0.2, 0) is 11.2 Å². The summed E-state index contributed by atoms with van der Waals surface area (Å²) >= 11 is 3.17. The van der Waals surface area contributed by atoms with E-state index in [4.69, 9.17) is 0 Å². The van der Waals surface area contributed by atoms with E-state index in [0.717, 1.165) is 28.6 Å². The van der Waals surface area contributed by atoms with Crippen molar-refractivity contribution in [3.05, 3.63) is 35.5 Å². The number of hydrogen-bond acceptors (Lipinski definition) is 6. The van der Waals surface area contributed by atoms with Gasteiger partial charge in [-0.15, -0.1) is 11.3 Å². The molecule has 2 aromatic rings. The fraction of sp³-hybridized carbons (Fsp3) is 0.400. The summed E-state index contributed by atoms with van der Waals surface area (Å²) in [6.45, 7) is -0.0391. The maximum absolute atomic E-state index is 12.0. The van der Waals surface area contributed by atoms with E-state index >= 15 is 0 Å². The molecule has 0 unspecified atom stereocenters. The highest BCUT2D eigenvalue weighted by Crippen LogP contribution is 2.21. The number of carbonyl (C=O) groups is 1. The molecule has 0 radical (unpaired) electrons. The van der Waals surface area contributed by atoms with Gasteiger partial charge in [0, 0.05) is 11.6 Å². The molecule has 2 heterocycles. The van der Waals surface area contributed by atoms with Crippen LogP contribution < -0.4 is 5.32 Å². The van der Waals surface area contributed by atoms with Gasteiger partial charge in [-0.2, -0.15) is 11.8 Å². The van der Waals surface area contributed by atoms with Crippen LogP contribution in [0.15, 0.2) is 29.8 Å². The fourth-order valence-corrected chi connectivity index (χ4v) is 3.22. The van der Waals surface area contributed by atoms with Gasteiger partial charge in [0.1, 0.15) is 5.01 Å². The molecule has 5 nitrogen and oxygen atoms in total. The molecular formula is C15H19N3O2S2. The Kier molecular flexibility index (Phi) is 6.82. The van der Waals surface area contributed by atoms with E-state index in [1.54, 1.807) is 18.0 Å². The molecule has 1 atom stereocenters. The number of thioether (sulfide) groups is 1. The van der Waals surface area contributed by atoms with Crippen molar-refractivity contribution in [1.82, 2.24) is 15.3 Å². The lowest BCUT2D eigenvalue weighted by molar-refractivity contribution is -0.121. The van der Waals surface area contributed by atoms with Crippen molar-refractivity contribution in [3.63, 3.8) is 0 Å². The number of amides is 1. The van der Waals surface area contributed by atoms with Gasteiger partial charge >= 0.3 is 0 Å². The number of rotatable bonds is 8. The lowest BCUT2D eigenvalue weighted by Gasteiger charge is -2.15. The molecule has 2 rings (SSSR count). The molecule has 0 aromatic carbocycles.